The molecule has 0 saturated heterocycles. The third-order valence-corrected chi connectivity index (χ3v) is 8.45. The van der Waals surface area contributed by atoms with Gasteiger partial charge in [0.2, 0.25) is 0 Å². The van der Waals surface area contributed by atoms with Gasteiger partial charge in [0.25, 0.3) is 5.56 Å². The Hall–Kier alpha value is -4.43. The molecule has 1 aliphatic rings. The van der Waals surface area contributed by atoms with Crippen LogP contribution in [0.3, 0.4) is 0 Å². The van der Waals surface area contributed by atoms with E-state index in [-0.39, 0.29) is 24.2 Å². The minimum atomic E-state index is -0.751. The number of thiazole rings is 1. The third-order valence-electron chi connectivity index (χ3n) is 7.47. The number of rotatable bonds is 9. The van der Waals surface area contributed by atoms with E-state index < -0.39 is 12.0 Å². The number of aromatic nitrogens is 1. The number of carbonyl (C=O) groups is 1. The number of methoxy groups -OCH3 is 1. The number of ether oxygens (including phenoxy) is 3. The Morgan fingerprint density at radius 1 is 1.05 bits per heavy atom. The number of esters is 1. The van der Waals surface area contributed by atoms with Crippen LogP contribution in [0.4, 0.5) is 0 Å². The van der Waals surface area contributed by atoms with Gasteiger partial charge in [0.15, 0.2) is 4.80 Å². The van der Waals surface area contributed by atoms with Gasteiger partial charge >= 0.3 is 5.97 Å². The van der Waals surface area contributed by atoms with E-state index in [9.17, 15) is 9.59 Å². The Bertz CT molecular complexity index is 1880. The molecule has 5 rings (SSSR count). The lowest BCUT2D eigenvalue weighted by molar-refractivity contribution is -0.138. The van der Waals surface area contributed by atoms with Crippen LogP contribution in [0.1, 0.15) is 74.4 Å². The second-order valence-corrected chi connectivity index (χ2v) is 12.3. The molecule has 0 fully saturated rings. The highest BCUT2D eigenvalue weighted by molar-refractivity contribution is 7.07. The summed E-state index contributed by atoms with van der Waals surface area (Å²) in [7, 11) is 1.67. The first-order valence-electron chi connectivity index (χ1n) is 14.9. The molecule has 2 heterocycles. The zero-order valence-electron chi connectivity index (χ0n) is 26.2. The third kappa shape index (κ3) is 6.13. The van der Waals surface area contributed by atoms with Crippen molar-refractivity contribution >= 4 is 29.1 Å². The largest absolute Gasteiger partial charge is 0.496 e. The maximum absolute atomic E-state index is 14.3. The van der Waals surface area contributed by atoms with Gasteiger partial charge in [-0.25, -0.2) is 9.79 Å². The molecule has 3 aromatic carbocycles. The quantitative estimate of drug-likeness (QED) is 0.212. The number of aryl methyl sites for hydroxylation is 1. The summed E-state index contributed by atoms with van der Waals surface area (Å²) in [4.78, 5) is 33.5. The van der Waals surface area contributed by atoms with E-state index in [2.05, 4.69) is 19.9 Å². The molecule has 1 aromatic heterocycles. The molecular weight excluding hydrogens is 572 g/mol. The van der Waals surface area contributed by atoms with Gasteiger partial charge in [-0.3, -0.25) is 9.36 Å². The van der Waals surface area contributed by atoms with E-state index in [4.69, 9.17) is 19.2 Å². The van der Waals surface area contributed by atoms with Gasteiger partial charge in [-0.15, -0.1) is 0 Å². The number of fused-ring (bicyclic) bond motifs is 1. The maximum Gasteiger partial charge on any atom is 0.338 e. The molecule has 0 saturated carbocycles. The fraction of sp³-hybridized carbons (Fsp3) is 0.306. The predicted octanol–water partition coefficient (Wildman–Crippen LogP) is 6.16. The molecule has 0 N–H and O–H groups in total. The highest BCUT2D eigenvalue weighted by Crippen LogP contribution is 2.36. The number of benzene rings is 3. The van der Waals surface area contributed by atoms with Gasteiger partial charge in [-0.05, 0) is 86.2 Å². The maximum atomic E-state index is 14.3. The van der Waals surface area contributed by atoms with Crippen molar-refractivity contribution < 1.29 is 19.0 Å². The van der Waals surface area contributed by atoms with Crippen LogP contribution in [0, 0.1) is 6.92 Å². The number of carbonyl (C=O) groups excluding carboxylic acids is 1. The van der Waals surface area contributed by atoms with E-state index >= 15 is 0 Å². The fourth-order valence-corrected chi connectivity index (χ4v) is 6.39. The Morgan fingerprint density at radius 3 is 2.36 bits per heavy atom. The molecule has 0 unspecified atom stereocenters. The molecular formula is C36H38N2O5S. The summed E-state index contributed by atoms with van der Waals surface area (Å²) in [6.07, 6.45) is 1.92. The Morgan fingerprint density at radius 2 is 1.75 bits per heavy atom. The molecule has 44 heavy (non-hydrogen) atoms. The van der Waals surface area contributed by atoms with Crippen molar-refractivity contribution in [1.82, 2.24) is 4.57 Å². The summed E-state index contributed by atoms with van der Waals surface area (Å²) in [6.45, 7) is 12.1. The fourth-order valence-electron chi connectivity index (χ4n) is 5.40. The van der Waals surface area contributed by atoms with Crippen LogP contribution in [-0.4, -0.2) is 30.4 Å². The summed E-state index contributed by atoms with van der Waals surface area (Å²) in [5.74, 6) is 1.26. The van der Waals surface area contributed by atoms with E-state index in [1.807, 2.05) is 87.5 Å². The standard InChI is InChI=1S/C36H38N2O5S/c1-8-42-35(40)31-32(24-12-10-9-11-13-24)37-36-38(33(31)25-14-16-27(17-15-25)43-22(4)5)34(39)30(44-36)20-26-19-28(21(2)3)29(41-7)18-23(26)6/h9-22,33H,8H2,1-7H3/b30-20-/t33-/m1/s1. The van der Waals surface area contributed by atoms with Gasteiger partial charge in [-0.1, -0.05) is 67.6 Å². The Balaban J connectivity index is 1.79. The first kappa shape index (κ1) is 31.0. The lowest BCUT2D eigenvalue weighted by Crippen LogP contribution is -2.40. The summed E-state index contributed by atoms with van der Waals surface area (Å²) < 4.78 is 19.2. The zero-order chi connectivity index (χ0) is 31.5. The number of hydrogen-bond donors (Lipinski definition) is 0. The first-order chi connectivity index (χ1) is 21.1. The smallest absolute Gasteiger partial charge is 0.338 e. The molecule has 7 nitrogen and oxygen atoms in total. The van der Waals surface area contributed by atoms with Crippen LogP contribution in [0.15, 0.2) is 82.1 Å². The lowest BCUT2D eigenvalue weighted by atomic mass is 9.93. The van der Waals surface area contributed by atoms with E-state index in [1.165, 1.54) is 11.3 Å². The SMILES string of the molecule is CCOC(=O)C1=C(c2ccccc2)N=c2s/c(=C\c3cc(C(C)C)c(OC)cc3C)c(=O)n2[C@@H]1c1ccc(OC(C)C)cc1. The van der Waals surface area contributed by atoms with Crippen molar-refractivity contribution in [3.63, 3.8) is 0 Å². The van der Waals surface area contributed by atoms with Crippen molar-refractivity contribution in [2.75, 3.05) is 13.7 Å². The Labute approximate surface area is 261 Å². The molecule has 0 spiro atoms. The van der Waals surface area contributed by atoms with Gasteiger partial charge in [-0.2, -0.15) is 0 Å². The average molecular weight is 611 g/mol. The first-order valence-corrected chi connectivity index (χ1v) is 15.7. The number of hydrogen-bond acceptors (Lipinski definition) is 7. The lowest BCUT2D eigenvalue weighted by Gasteiger charge is -2.26. The Kier molecular flexibility index (Phi) is 9.20. The van der Waals surface area contributed by atoms with E-state index in [0.29, 0.717) is 26.4 Å². The van der Waals surface area contributed by atoms with Crippen LogP contribution in [0.5, 0.6) is 11.5 Å². The van der Waals surface area contributed by atoms with Crippen LogP contribution < -0.4 is 24.4 Å². The van der Waals surface area contributed by atoms with Crippen LogP contribution in [-0.2, 0) is 9.53 Å². The molecule has 1 aliphatic heterocycles. The second kappa shape index (κ2) is 13.1. The van der Waals surface area contributed by atoms with Crippen molar-refractivity contribution in [3.8, 4) is 11.5 Å². The van der Waals surface area contributed by atoms with Gasteiger partial charge in [0.1, 0.15) is 11.5 Å². The van der Waals surface area contributed by atoms with E-state index in [1.54, 1.807) is 18.6 Å². The topological polar surface area (TPSA) is 79.1 Å². The van der Waals surface area contributed by atoms with Crippen molar-refractivity contribution in [2.45, 2.75) is 59.6 Å². The molecule has 0 bridgehead atoms. The van der Waals surface area contributed by atoms with Crippen LogP contribution >= 0.6 is 11.3 Å². The molecule has 0 radical (unpaired) electrons. The second-order valence-electron chi connectivity index (χ2n) is 11.3. The summed E-state index contributed by atoms with van der Waals surface area (Å²) in [5.41, 5.74) is 5.09. The monoisotopic (exact) mass is 610 g/mol. The summed E-state index contributed by atoms with van der Waals surface area (Å²) in [6, 6.07) is 20.4. The molecule has 0 amide bonds. The minimum absolute atomic E-state index is 0.0100. The molecule has 0 aliphatic carbocycles. The molecule has 8 heteroatoms. The normalized spacial score (nSPS) is 14.9. The highest BCUT2D eigenvalue weighted by atomic mass is 32.1. The average Bonchev–Trinajstić information content (AvgIpc) is 3.31. The van der Waals surface area contributed by atoms with Crippen LogP contribution in [0.2, 0.25) is 0 Å². The van der Waals surface area contributed by atoms with Gasteiger partial charge in [0.05, 0.1) is 41.7 Å². The zero-order valence-corrected chi connectivity index (χ0v) is 27.0. The summed E-state index contributed by atoms with van der Waals surface area (Å²) in [5, 5.41) is 0. The van der Waals surface area contributed by atoms with Crippen molar-refractivity contribution in [3.05, 3.63) is 120 Å². The predicted molar refractivity (Wildman–Crippen MR) is 175 cm³/mol. The summed E-state index contributed by atoms with van der Waals surface area (Å²) >= 11 is 1.31. The van der Waals surface area contributed by atoms with Crippen LogP contribution in [0.25, 0.3) is 11.8 Å². The van der Waals surface area contributed by atoms with Crippen molar-refractivity contribution in [1.29, 1.82) is 0 Å². The van der Waals surface area contributed by atoms with Gasteiger partial charge in [0, 0.05) is 5.56 Å². The van der Waals surface area contributed by atoms with E-state index in [0.717, 1.165) is 33.6 Å². The molecule has 4 aromatic rings. The minimum Gasteiger partial charge on any atom is -0.496 e. The number of nitrogens with zero attached hydrogens (tertiary/aromatic N) is 2. The molecule has 1 atom stereocenters. The van der Waals surface area contributed by atoms with Crippen molar-refractivity contribution in [2.24, 2.45) is 4.99 Å². The molecule has 228 valence electrons. The highest BCUT2D eigenvalue weighted by Gasteiger charge is 2.35. The van der Waals surface area contributed by atoms with Gasteiger partial charge < -0.3 is 14.2 Å².